The first-order chi connectivity index (χ1) is 13.6. The molecule has 1 fully saturated rings. The number of aryl methyl sites for hydroxylation is 1. The molecule has 0 aromatic carbocycles. The van der Waals surface area contributed by atoms with Crippen LogP contribution in [0.15, 0.2) is 24.3 Å². The van der Waals surface area contributed by atoms with Crippen LogP contribution in [0.5, 0.6) is 0 Å². The second kappa shape index (κ2) is 7.92. The average molecular weight is 378 g/mol. The van der Waals surface area contributed by atoms with Crippen molar-refractivity contribution in [3.63, 3.8) is 0 Å². The number of aromatic nitrogens is 4. The molecule has 8 nitrogen and oxygen atoms in total. The fraction of sp³-hybridized carbons (Fsp3) is 0.400. The number of nitrogens with zero attached hydrogens (tertiary/aromatic N) is 5. The zero-order valence-electron chi connectivity index (χ0n) is 15.8. The fourth-order valence-corrected chi connectivity index (χ4v) is 3.48. The first-order valence-electron chi connectivity index (χ1n) is 9.41. The molecule has 8 heteroatoms. The van der Waals surface area contributed by atoms with Gasteiger partial charge in [0.25, 0.3) is 0 Å². The fourth-order valence-electron chi connectivity index (χ4n) is 3.48. The summed E-state index contributed by atoms with van der Waals surface area (Å²) in [4.78, 5) is 22.5. The first kappa shape index (κ1) is 18.3. The first-order valence-corrected chi connectivity index (χ1v) is 9.41. The van der Waals surface area contributed by atoms with Crippen LogP contribution in [0.25, 0.3) is 22.4 Å². The van der Waals surface area contributed by atoms with Gasteiger partial charge in [-0.2, -0.15) is 10.4 Å². The number of nitriles is 1. The third-order valence-corrected chi connectivity index (χ3v) is 5.01. The van der Waals surface area contributed by atoms with E-state index in [-0.39, 0.29) is 5.78 Å². The zero-order valence-corrected chi connectivity index (χ0v) is 15.8. The van der Waals surface area contributed by atoms with Crippen molar-refractivity contribution in [2.24, 2.45) is 7.05 Å². The summed E-state index contributed by atoms with van der Waals surface area (Å²) in [6, 6.07) is 9.24. The number of hydrogen-bond donors (Lipinski definition) is 1. The molecule has 0 spiro atoms. The van der Waals surface area contributed by atoms with Gasteiger partial charge in [-0.25, -0.2) is 4.98 Å². The highest BCUT2D eigenvalue weighted by Gasteiger charge is 2.17. The summed E-state index contributed by atoms with van der Waals surface area (Å²) in [5.41, 5.74) is 4.04. The lowest BCUT2D eigenvalue weighted by molar-refractivity contribution is 0.0371. The molecule has 0 atom stereocenters. The number of fused-ring (bicyclic) bond motifs is 1. The number of carbonyl (C=O) groups excluding carboxylic acids is 1. The minimum absolute atomic E-state index is 0.0520. The summed E-state index contributed by atoms with van der Waals surface area (Å²) in [7, 11) is 1.82. The van der Waals surface area contributed by atoms with E-state index < -0.39 is 0 Å². The monoisotopic (exact) mass is 378 g/mol. The van der Waals surface area contributed by atoms with Gasteiger partial charge in [0.2, 0.25) is 0 Å². The Morgan fingerprint density at radius 3 is 2.93 bits per heavy atom. The number of pyridine rings is 1. The van der Waals surface area contributed by atoms with Crippen LogP contribution in [0, 0.1) is 11.3 Å². The Morgan fingerprint density at radius 1 is 1.32 bits per heavy atom. The number of nitrogens with one attached hydrogen (secondary N) is 1. The second-order valence-electron chi connectivity index (χ2n) is 6.94. The van der Waals surface area contributed by atoms with E-state index in [0.717, 1.165) is 56.2 Å². The number of carbonyl (C=O) groups is 1. The molecule has 4 heterocycles. The Morgan fingerprint density at radius 2 is 2.14 bits per heavy atom. The van der Waals surface area contributed by atoms with Crippen LogP contribution in [-0.4, -0.2) is 63.3 Å². The van der Waals surface area contributed by atoms with Crippen molar-refractivity contribution in [1.82, 2.24) is 24.6 Å². The summed E-state index contributed by atoms with van der Waals surface area (Å²) < 4.78 is 7.04. The van der Waals surface area contributed by atoms with E-state index in [0.29, 0.717) is 23.3 Å². The van der Waals surface area contributed by atoms with Gasteiger partial charge in [-0.1, -0.05) is 0 Å². The SMILES string of the molecule is Cn1nc(C(=O)CCCN2CCOCC2)cc1-c1cc2nc(C#N)ccc2[nH]1. The van der Waals surface area contributed by atoms with Crippen LogP contribution in [0.3, 0.4) is 0 Å². The largest absolute Gasteiger partial charge is 0.379 e. The van der Waals surface area contributed by atoms with Crippen LogP contribution in [0.1, 0.15) is 29.0 Å². The van der Waals surface area contributed by atoms with Gasteiger partial charge in [0.1, 0.15) is 17.5 Å². The molecular weight excluding hydrogens is 356 g/mol. The number of ether oxygens (including phenoxy) is 1. The number of hydrogen-bond acceptors (Lipinski definition) is 6. The Labute approximate surface area is 162 Å². The van der Waals surface area contributed by atoms with E-state index in [4.69, 9.17) is 10.00 Å². The molecule has 0 bridgehead atoms. The van der Waals surface area contributed by atoms with Gasteiger partial charge in [-0.05, 0) is 37.2 Å². The van der Waals surface area contributed by atoms with Crippen LogP contribution >= 0.6 is 0 Å². The van der Waals surface area contributed by atoms with Gasteiger partial charge in [0, 0.05) is 26.6 Å². The lowest BCUT2D eigenvalue weighted by Crippen LogP contribution is -2.36. The summed E-state index contributed by atoms with van der Waals surface area (Å²) in [6.45, 7) is 4.32. The number of H-pyrrole nitrogens is 1. The van der Waals surface area contributed by atoms with Crippen LogP contribution in [0.2, 0.25) is 0 Å². The molecule has 0 saturated carbocycles. The average Bonchev–Trinajstić information content (AvgIpc) is 3.31. The maximum absolute atomic E-state index is 12.6. The van der Waals surface area contributed by atoms with Gasteiger partial charge in [0.05, 0.1) is 35.6 Å². The van der Waals surface area contributed by atoms with Crippen molar-refractivity contribution in [3.05, 3.63) is 35.7 Å². The highest BCUT2D eigenvalue weighted by atomic mass is 16.5. The highest BCUT2D eigenvalue weighted by Crippen LogP contribution is 2.24. The molecule has 0 aliphatic carbocycles. The topological polar surface area (TPSA) is 99.8 Å². The number of rotatable bonds is 6. The van der Waals surface area contributed by atoms with E-state index in [1.807, 2.05) is 31.3 Å². The number of Topliss-reactive ketones (excluding diaryl/α,β-unsaturated/α-hetero) is 1. The van der Waals surface area contributed by atoms with Gasteiger partial charge in [-0.15, -0.1) is 0 Å². The number of aromatic amines is 1. The van der Waals surface area contributed by atoms with Crippen molar-refractivity contribution < 1.29 is 9.53 Å². The Bertz CT molecular complexity index is 1040. The lowest BCUT2D eigenvalue weighted by atomic mass is 10.1. The van der Waals surface area contributed by atoms with E-state index in [9.17, 15) is 4.79 Å². The van der Waals surface area contributed by atoms with E-state index in [2.05, 4.69) is 20.0 Å². The number of morpholine rings is 1. The smallest absolute Gasteiger partial charge is 0.183 e. The van der Waals surface area contributed by atoms with Gasteiger partial charge in [-0.3, -0.25) is 14.4 Å². The lowest BCUT2D eigenvalue weighted by Gasteiger charge is -2.26. The standard InChI is InChI=1S/C20H22N6O2/c1-25-19(17-11-16-15(23-17)5-4-14(13-21)22-16)12-18(24-25)20(27)3-2-6-26-7-9-28-10-8-26/h4-5,11-12,23H,2-3,6-10H2,1H3. The molecule has 1 aliphatic rings. The third-order valence-electron chi connectivity index (χ3n) is 5.01. The molecule has 0 radical (unpaired) electrons. The minimum Gasteiger partial charge on any atom is -0.379 e. The van der Waals surface area contributed by atoms with E-state index in [1.54, 1.807) is 10.7 Å². The molecule has 0 unspecified atom stereocenters. The minimum atomic E-state index is 0.0520. The summed E-state index contributed by atoms with van der Waals surface area (Å²) in [6.07, 6.45) is 1.30. The quantitative estimate of drug-likeness (QED) is 0.660. The van der Waals surface area contributed by atoms with Crippen molar-refractivity contribution >= 4 is 16.8 Å². The molecule has 28 heavy (non-hydrogen) atoms. The van der Waals surface area contributed by atoms with Crippen molar-refractivity contribution in [3.8, 4) is 17.5 Å². The molecule has 0 amide bonds. The van der Waals surface area contributed by atoms with Crippen molar-refractivity contribution in [1.29, 1.82) is 5.26 Å². The highest BCUT2D eigenvalue weighted by molar-refractivity contribution is 5.95. The molecular formula is C20H22N6O2. The van der Waals surface area contributed by atoms with Crippen LogP contribution in [0.4, 0.5) is 0 Å². The third kappa shape index (κ3) is 3.81. The van der Waals surface area contributed by atoms with Crippen LogP contribution < -0.4 is 0 Å². The predicted octanol–water partition coefficient (Wildman–Crippen LogP) is 2.13. The zero-order chi connectivity index (χ0) is 19.5. The molecule has 1 N–H and O–H groups in total. The molecule has 144 valence electrons. The van der Waals surface area contributed by atoms with Crippen molar-refractivity contribution in [2.45, 2.75) is 12.8 Å². The van der Waals surface area contributed by atoms with Gasteiger partial charge in [0.15, 0.2) is 5.78 Å². The van der Waals surface area contributed by atoms with Crippen molar-refractivity contribution in [2.75, 3.05) is 32.8 Å². The Kier molecular flexibility index (Phi) is 5.19. The van der Waals surface area contributed by atoms with Gasteiger partial charge >= 0.3 is 0 Å². The maximum Gasteiger partial charge on any atom is 0.183 e. The number of ketones is 1. The molecule has 3 aromatic rings. The molecule has 1 aliphatic heterocycles. The second-order valence-corrected chi connectivity index (χ2v) is 6.94. The van der Waals surface area contributed by atoms with E-state index in [1.165, 1.54) is 0 Å². The maximum atomic E-state index is 12.6. The summed E-state index contributed by atoms with van der Waals surface area (Å²) in [5.74, 6) is 0.0520. The molecule has 3 aromatic heterocycles. The summed E-state index contributed by atoms with van der Waals surface area (Å²) >= 11 is 0. The van der Waals surface area contributed by atoms with Gasteiger partial charge < -0.3 is 9.72 Å². The van der Waals surface area contributed by atoms with E-state index >= 15 is 0 Å². The normalized spacial score (nSPS) is 15.0. The molecule has 1 saturated heterocycles. The Balaban J connectivity index is 1.45. The molecule has 4 rings (SSSR count). The van der Waals surface area contributed by atoms with Crippen LogP contribution in [-0.2, 0) is 11.8 Å². The predicted molar refractivity (Wildman–Crippen MR) is 104 cm³/mol. The summed E-state index contributed by atoms with van der Waals surface area (Å²) in [5, 5.41) is 13.4. The Hall–Kier alpha value is -3.02.